The third-order valence-corrected chi connectivity index (χ3v) is 4.36. The van der Waals surface area contributed by atoms with Crippen molar-refractivity contribution in [3.05, 3.63) is 70.3 Å². The highest BCUT2D eigenvalue weighted by molar-refractivity contribution is 7.73. The second-order valence-electron chi connectivity index (χ2n) is 4.71. The zero-order valence-corrected chi connectivity index (χ0v) is 13.5. The number of aromatic carboxylic acids is 1. The number of aromatic amines is 1. The number of carboxylic acid groups (broad SMARTS) is 1. The van der Waals surface area contributed by atoms with Crippen molar-refractivity contribution in [1.82, 2.24) is 9.97 Å². The molecule has 0 bridgehead atoms. The Bertz CT molecular complexity index is 1000. The van der Waals surface area contributed by atoms with E-state index in [-0.39, 0.29) is 5.69 Å². The lowest BCUT2D eigenvalue weighted by Gasteiger charge is -1.97. The maximum atomic E-state index is 10.6. The fourth-order valence-electron chi connectivity index (χ4n) is 2.08. The van der Waals surface area contributed by atoms with Gasteiger partial charge in [-0.2, -0.15) is 0 Å². The smallest absolute Gasteiger partial charge is 0.354 e. The van der Waals surface area contributed by atoms with Crippen LogP contribution in [0.2, 0.25) is 0 Å². The first-order valence-corrected chi connectivity index (χ1v) is 8.03. The SMILES string of the molecule is O=C(O)c1ccc2ccccc2n1.S=c1[nH]c2ccccc2s1. The molecule has 0 unspecified atom stereocenters. The van der Waals surface area contributed by atoms with Crippen molar-refractivity contribution in [3.8, 4) is 0 Å². The highest BCUT2D eigenvalue weighted by atomic mass is 32.1. The van der Waals surface area contributed by atoms with Gasteiger partial charge in [0, 0.05) is 5.39 Å². The molecule has 0 amide bonds. The molecule has 0 aliphatic rings. The van der Waals surface area contributed by atoms with E-state index >= 15 is 0 Å². The molecule has 114 valence electrons. The first-order chi connectivity index (χ1) is 11.1. The monoisotopic (exact) mass is 340 g/mol. The summed E-state index contributed by atoms with van der Waals surface area (Å²) in [5.74, 6) is -0.995. The lowest BCUT2D eigenvalue weighted by atomic mass is 10.2. The van der Waals surface area contributed by atoms with E-state index in [1.165, 1.54) is 10.8 Å². The van der Waals surface area contributed by atoms with E-state index in [1.54, 1.807) is 23.5 Å². The number of hydrogen-bond acceptors (Lipinski definition) is 4. The fraction of sp³-hybridized carbons (Fsp3) is 0. The Morgan fingerprint density at radius 3 is 2.57 bits per heavy atom. The molecule has 4 aromatic rings. The number of carbonyl (C=O) groups is 1. The van der Waals surface area contributed by atoms with Gasteiger partial charge in [0.15, 0.2) is 3.95 Å². The number of benzene rings is 2. The van der Waals surface area contributed by atoms with E-state index in [2.05, 4.69) is 16.0 Å². The van der Waals surface area contributed by atoms with E-state index in [0.717, 1.165) is 14.9 Å². The fourth-order valence-corrected chi connectivity index (χ4v) is 3.20. The second kappa shape index (κ2) is 6.68. The normalized spacial score (nSPS) is 10.3. The summed E-state index contributed by atoms with van der Waals surface area (Å²) in [5.41, 5.74) is 1.93. The Hall–Kier alpha value is -2.57. The quantitative estimate of drug-likeness (QED) is 0.484. The molecule has 4 rings (SSSR count). The Labute approximate surface area is 141 Å². The van der Waals surface area contributed by atoms with Crippen LogP contribution in [0.3, 0.4) is 0 Å². The summed E-state index contributed by atoms with van der Waals surface area (Å²) >= 11 is 6.59. The summed E-state index contributed by atoms with van der Waals surface area (Å²) < 4.78 is 2.08. The van der Waals surface area contributed by atoms with E-state index in [4.69, 9.17) is 17.3 Å². The summed E-state index contributed by atoms with van der Waals surface area (Å²) in [4.78, 5) is 17.6. The number of aromatic nitrogens is 2. The highest BCUT2D eigenvalue weighted by Gasteiger charge is 2.03. The van der Waals surface area contributed by atoms with Crippen LogP contribution in [0.5, 0.6) is 0 Å². The molecular weight excluding hydrogens is 328 g/mol. The zero-order valence-electron chi connectivity index (χ0n) is 11.9. The number of carboxylic acids is 1. The Morgan fingerprint density at radius 2 is 1.78 bits per heavy atom. The number of pyridine rings is 1. The van der Waals surface area contributed by atoms with Crippen molar-refractivity contribution in [2.75, 3.05) is 0 Å². The standard InChI is InChI=1S/C10H7NO2.C7H5NS2/c12-10(13)9-6-5-7-3-1-2-4-8(7)11-9;9-7-8-5-3-1-2-4-6(5)10-7/h1-6H,(H,12,13);1-4H,(H,8,9). The first kappa shape index (κ1) is 15.3. The van der Waals surface area contributed by atoms with Crippen molar-refractivity contribution in [2.45, 2.75) is 0 Å². The number of nitrogens with zero attached hydrogens (tertiary/aromatic N) is 1. The van der Waals surface area contributed by atoms with E-state index < -0.39 is 5.97 Å². The Balaban J connectivity index is 0.000000140. The van der Waals surface area contributed by atoms with Gasteiger partial charge in [0.1, 0.15) is 5.69 Å². The third-order valence-electron chi connectivity index (χ3n) is 3.14. The first-order valence-electron chi connectivity index (χ1n) is 6.80. The molecular formula is C17H12N2O2S2. The number of hydrogen-bond donors (Lipinski definition) is 2. The molecule has 2 aromatic carbocycles. The summed E-state index contributed by atoms with van der Waals surface area (Å²) in [6.07, 6.45) is 0. The summed E-state index contributed by atoms with van der Waals surface area (Å²) in [6.45, 7) is 0. The predicted molar refractivity (Wildman–Crippen MR) is 95.7 cm³/mol. The van der Waals surface area contributed by atoms with Crippen LogP contribution in [0.1, 0.15) is 10.5 Å². The second-order valence-corrected chi connectivity index (χ2v) is 6.42. The summed E-state index contributed by atoms with van der Waals surface area (Å²) in [6, 6.07) is 18.8. The molecule has 2 N–H and O–H groups in total. The van der Waals surface area contributed by atoms with Crippen molar-refractivity contribution >= 4 is 50.6 Å². The maximum Gasteiger partial charge on any atom is 0.354 e. The minimum absolute atomic E-state index is 0.0821. The van der Waals surface area contributed by atoms with Gasteiger partial charge in [-0.15, -0.1) is 11.3 Å². The number of H-pyrrole nitrogens is 1. The minimum atomic E-state index is -0.995. The number of thiazole rings is 1. The van der Waals surface area contributed by atoms with Gasteiger partial charge in [0.05, 0.1) is 15.7 Å². The van der Waals surface area contributed by atoms with Gasteiger partial charge in [-0.05, 0) is 36.5 Å². The van der Waals surface area contributed by atoms with E-state index in [0.29, 0.717) is 5.52 Å². The van der Waals surface area contributed by atoms with Crippen molar-refractivity contribution in [3.63, 3.8) is 0 Å². The molecule has 0 aliphatic heterocycles. The van der Waals surface area contributed by atoms with Gasteiger partial charge in [0.25, 0.3) is 0 Å². The number of nitrogens with one attached hydrogen (secondary N) is 1. The molecule has 0 radical (unpaired) electrons. The van der Waals surface area contributed by atoms with Crippen LogP contribution in [0, 0.1) is 3.95 Å². The molecule has 6 heteroatoms. The van der Waals surface area contributed by atoms with Gasteiger partial charge in [-0.25, -0.2) is 9.78 Å². The van der Waals surface area contributed by atoms with Crippen LogP contribution >= 0.6 is 23.6 Å². The van der Waals surface area contributed by atoms with Crippen LogP contribution in [0.25, 0.3) is 21.1 Å². The average Bonchev–Trinajstić information content (AvgIpc) is 2.95. The molecule has 4 nitrogen and oxygen atoms in total. The number of para-hydroxylation sites is 2. The van der Waals surface area contributed by atoms with Gasteiger partial charge < -0.3 is 10.1 Å². The van der Waals surface area contributed by atoms with Crippen molar-refractivity contribution < 1.29 is 9.90 Å². The van der Waals surface area contributed by atoms with Crippen LogP contribution in [0.4, 0.5) is 0 Å². The largest absolute Gasteiger partial charge is 0.477 e. The van der Waals surface area contributed by atoms with Gasteiger partial charge in [0.2, 0.25) is 0 Å². The van der Waals surface area contributed by atoms with Gasteiger partial charge in [-0.3, -0.25) is 0 Å². The maximum absolute atomic E-state index is 10.6. The average molecular weight is 340 g/mol. The molecule has 23 heavy (non-hydrogen) atoms. The van der Waals surface area contributed by atoms with Crippen molar-refractivity contribution in [1.29, 1.82) is 0 Å². The minimum Gasteiger partial charge on any atom is -0.477 e. The van der Waals surface area contributed by atoms with Crippen molar-refractivity contribution in [2.24, 2.45) is 0 Å². The number of rotatable bonds is 1. The van der Waals surface area contributed by atoms with Crippen LogP contribution < -0.4 is 0 Å². The van der Waals surface area contributed by atoms with Gasteiger partial charge in [-0.1, -0.05) is 36.4 Å². The summed E-state index contributed by atoms with van der Waals surface area (Å²) in [5, 5.41) is 9.63. The molecule has 0 saturated heterocycles. The Kier molecular flexibility index (Phi) is 4.45. The molecule has 0 aliphatic carbocycles. The van der Waals surface area contributed by atoms with E-state index in [9.17, 15) is 4.79 Å². The van der Waals surface area contributed by atoms with E-state index in [1.807, 2.05) is 36.4 Å². The molecule has 0 saturated carbocycles. The topological polar surface area (TPSA) is 66.0 Å². The molecule has 0 spiro atoms. The zero-order chi connectivity index (χ0) is 16.2. The predicted octanol–water partition coefficient (Wildman–Crippen LogP) is 4.89. The lowest BCUT2D eigenvalue weighted by Crippen LogP contribution is -1.99. The molecule has 0 fully saturated rings. The van der Waals surface area contributed by atoms with Gasteiger partial charge >= 0.3 is 5.97 Å². The lowest BCUT2D eigenvalue weighted by molar-refractivity contribution is 0.0691. The summed E-state index contributed by atoms with van der Waals surface area (Å²) in [7, 11) is 0. The van der Waals surface area contributed by atoms with Crippen LogP contribution in [0.15, 0.2) is 60.7 Å². The third kappa shape index (κ3) is 3.61. The highest BCUT2D eigenvalue weighted by Crippen LogP contribution is 2.17. The molecule has 2 heterocycles. The van der Waals surface area contributed by atoms with Crippen LogP contribution in [-0.2, 0) is 0 Å². The molecule has 0 atom stereocenters. The molecule has 2 aromatic heterocycles. The number of fused-ring (bicyclic) bond motifs is 2. The van der Waals surface area contributed by atoms with Crippen LogP contribution in [-0.4, -0.2) is 21.0 Å². The Morgan fingerprint density at radius 1 is 1.04 bits per heavy atom.